The van der Waals surface area contributed by atoms with Crippen molar-refractivity contribution in [1.82, 2.24) is 9.88 Å². The van der Waals surface area contributed by atoms with E-state index in [0.29, 0.717) is 12.5 Å². The molecule has 0 N–H and O–H groups in total. The molecule has 1 aliphatic rings. The van der Waals surface area contributed by atoms with Gasteiger partial charge in [0.2, 0.25) is 5.89 Å². The van der Waals surface area contributed by atoms with Crippen molar-refractivity contribution in [2.24, 2.45) is 5.92 Å². The second-order valence-corrected chi connectivity index (χ2v) is 6.37. The third kappa shape index (κ3) is 2.66. The van der Waals surface area contributed by atoms with Crippen molar-refractivity contribution in [3.63, 3.8) is 0 Å². The normalized spacial score (nSPS) is 20.9. The van der Waals surface area contributed by atoms with Gasteiger partial charge >= 0.3 is 0 Å². The number of oxazole rings is 1. The summed E-state index contributed by atoms with van der Waals surface area (Å²) in [5.41, 5.74) is 1.75. The predicted molar refractivity (Wildman–Crippen MR) is 84.4 cm³/mol. The van der Waals surface area contributed by atoms with Crippen LogP contribution in [-0.2, 0) is 13.1 Å². The van der Waals surface area contributed by atoms with Crippen molar-refractivity contribution in [2.75, 3.05) is 7.05 Å². The minimum atomic E-state index is 0.635. The molecule has 0 radical (unpaired) electrons. The molecule has 0 saturated heterocycles. The van der Waals surface area contributed by atoms with Crippen LogP contribution in [0.15, 0.2) is 45.2 Å². The molecule has 22 heavy (non-hydrogen) atoms. The van der Waals surface area contributed by atoms with Crippen LogP contribution in [0.5, 0.6) is 0 Å². The first kappa shape index (κ1) is 13.6. The monoisotopic (exact) mass is 296 g/mol. The summed E-state index contributed by atoms with van der Waals surface area (Å²) in [6.07, 6.45) is 1.26. The van der Waals surface area contributed by atoms with Gasteiger partial charge in [0.1, 0.15) is 17.0 Å². The Bertz CT molecular complexity index is 756. The zero-order chi connectivity index (χ0) is 15.1. The lowest BCUT2D eigenvalue weighted by Crippen LogP contribution is -2.17. The maximum Gasteiger partial charge on any atom is 0.209 e. The standard InChI is InChI=1S/C18H20N2O2/c1-12-9-14(12)16-8-7-13(21-16)10-20(2)11-18-19-15-5-3-4-6-17(15)22-18/h3-8,12,14H,9-11H2,1-2H3. The molecular formula is C18H20N2O2. The van der Waals surface area contributed by atoms with E-state index in [1.807, 2.05) is 24.3 Å². The number of hydrogen-bond acceptors (Lipinski definition) is 4. The Balaban J connectivity index is 1.41. The SMILES string of the molecule is CC1CC1c1ccc(CN(C)Cc2nc3ccccc3o2)o1. The van der Waals surface area contributed by atoms with E-state index in [1.165, 1.54) is 6.42 Å². The van der Waals surface area contributed by atoms with Gasteiger partial charge in [-0.25, -0.2) is 4.98 Å². The highest BCUT2D eigenvalue weighted by atomic mass is 16.4. The van der Waals surface area contributed by atoms with Crippen molar-refractivity contribution in [3.05, 3.63) is 53.8 Å². The van der Waals surface area contributed by atoms with Crippen molar-refractivity contribution in [1.29, 1.82) is 0 Å². The van der Waals surface area contributed by atoms with Gasteiger partial charge in [0.15, 0.2) is 5.58 Å². The van der Waals surface area contributed by atoms with Gasteiger partial charge in [-0.05, 0) is 43.7 Å². The van der Waals surface area contributed by atoms with E-state index in [2.05, 4.69) is 36.0 Å². The number of para-hydroxylation sites is 2. The molecule has 0 bridgehead atoms. The van der Waals surface area contributed by atoms with Gasteiger partial charge in [0.25, 0.3) is 0 Å². The number of hydrogen-bond donors (Lipinski definition) is 0. The second-order valence-electron chi connectivity index (χ2n) is 6.37. The van der Waals surface area contributed by atoms with Crippen LogP contribution in [0.3, 0.4) is 0 Å². The van der Waals surface area contributed by atoms with Gasteiger partial charge in [0, 0.05) is 5.92 Å². The van der Waals surface area contributed by atoms with E-state index < -0.39 is 0 Å². The van der Waals surface area contributed by atoms with E-state index in [9.17, 15) is 0 Å². The molecule has 4 rings (SSSR count). The van der Waals surface area contributed by atoms with E-state index in [4.69, 9.17) is 8.83 Å². The average Bonchev–Trinajstić information content (AvgIpc) is 2.89. The summed E-state index contributed by atoms with van der Waals surface area (Å²) in [5, 5.41) is 0. The molecule has 4 heteroatoms. The molecule has 0 spiro atoms. The first-order valence-corrected chi connectivity index (χ1v) is 7.80. The molecule has 2 aromatic heterocycles. The maximum absolute atomic E-state index is 5.95. The van der Waals surface area contributed by atoms with Crippen molar-refractivity contribution < 1.29 is 8.83 Å². The Morgan fingerprint density at radius 3 is 2.73 bits per heavy atom. The van der Waals surface area contributed by atoms with Crippen LogP contribution in [-0.4, -0.2) is 16.9 Å². The number of rotatable bonds is 5. The van der Waals surface area contributed by atoms with Crippen molar-refractivity contribution in [3.8, 4) is 0 Å². The molecule has 1 fully saturated rings. The van der Waals surface area contributed by atoms with Gasteiger partial charge in [-0.3, -0.25) is 4.90 Å². The van der Waals surface area contributed by atoms with Gasteiger partial charge in [-0.2, -0.15) is 0 Å². The highest BCUT2D eigenvalue weighted by Gasteiger charge is 2.36. The quantitative estimate of drug-likeness (QED) is 0.708. The smallest absolute Gasteiger partial charge is 0.209 e. The maximum atomic E-state index is 5.95. The van der Waals surface area contributed by atoms with Gasteiger partial charge in [-0.1, -0.05) is 19.1 Å². The molecule has 3 aromatic rings. The van der Waals surface area contributed by atoms with Gasteiger partial charge in [0.05, 0.1) is 13.1 Å². The van der Waals surface area contributed by atoms with Crippen LogP contribution in [0.1, 0.15) is 36.7 Å². The first-order valence-electron chi connectivity index (χ1n) is 7.80. The average molecular weight is 296 g/mol. The van der Waals surface area contributed by atoms with E-state index >= 15 is 0 Å². The fraction of sp³-hybridized carbons (Fsp3) is 0.389. The Hall–Kier alpha value is -2.07. The molecule has 1 aromatic carbocycles. The molecule has 1 aliphatic carbocycles. The highest BCUT2D eigenvalue weighted by Crippen LogP contribution is 2.47. The topological polar surface area (TPSA) is 42.4 Å². The first-order chi connectivity index (χ1) is 10.7. The molecule has 0 amide bonds. The summed E-state index contributed by atoms with van der Waals surface area (Å²) < 4.78 is 11.7. The molecule has 2 atom stereocenters. The zero-order valence-corrected chi connectivity index (χ0v) is 13.0. The van der Waals surface area contributed by atoms with Crippen LogP contribution < -0.4 is 0 Å². The molecule has 2 heterocycles. The van der Waals surface area contributed by atoms with E-state index in [1.54, 1.807) is 0 Å². The van der Waals surface area contributed by atoms with Crippen LogP contribution in [0.25, 0.3) is 11.1 Å². The fourth-order valence-electron chi connectivity index (χ4n) is 2.94. The molecular weight excluding hydrogens is 276 g/mol. The van der Waals surface area contributed by atoms with Crippen LogP contribution in [0.4, 0.5) is 0 Å². The Kier molecular flexibility index (Phi) is 3.26. The number of nitrogens with zero attached hydrogens (tertiary/aromatic N) is 2. The predicted octanol–water partition coefficient (Wildman–Crippen LogP) is 4.18. The zero-order valence-electron chi connectivity index (χ0n) is 13.0. The van der Waals surface area contributed by atoms with Crippen LogP contribution in [0, 0.1) is 5.92 Å². The Labute approximate surface area is 129 Å². The van der Waals surface area contributed by atoms with E-state index in [-0.39, 0.29) is 0 Å². The summed E-state index contributed by atoms with van der Waals surface area (Å²) in [7, 11) is 2.05. The molecule has 2 unspecified atom stereocenters. The van der Waals surface area contributed by atoms with Crippen LogP contribution >= 0.6 is 0 Å². The second kappa shape index (κ2) is 5.29. The summed E-state index contributed by atoms with van der Waals surface area (Å²) in [4.78, 5) is 6.67. The van der Waals surface area contributed by atoms with Gasteiger partial charge in [-0.15, -0.1) is 0 Å². The summed E-state index contributed by atoms with van der Waals surface area (Å²) in [5.74, 6) is 4.30. The van der Waals surface area contributed by atoms with Gasteiger partial charge < -0.3 is 8.83 Å². The van der Waals surface area contributed by atoms with Crippen LogP contribution in [0.2, 0.25) is 0 Å². The number of furan rings is 1. The van der Waals surface area contributed by atoms with Crippen molar-refractivity contribution in [2.45, 2.75) is 32.4 Å². The Morgan fingerprint density at radius 1 is 1.14 bits per heavy atom. The lowest BCUT2D eigenvalue weighted by molar-refractivity contribution is 0.259. The Morgan fingerprint density at radius 2 is 1.95 bits per heavy atom. The summed E-state index contributed by atoms with van der Waals surface area (Å²) in [6.45, 7) is 3.70. The summed E-state index contributed by atoms with van der Waals surface area (Å²) >= 11 is 0. The lowest BCUT2D eigenvalue weighted by Gasteiger charge is -2.12. The third-order valence-corrected chi connectivity index (χ3v) is 4.33. The molecule has 4 nitrogen and oxygen atoms in total. The number of benzene rings is 1. The minimum absolute atomic E-state index is 0.635. The molecule has 1 saturated carbocycles. The lowest BCUT2D eigenvalue weighted by atomic mass is 10.3. The highest BCUT2D eigenvalue weighted by molar-refractivity contribution is 5.72. The summed E-state index contributed by atoms with van der Waals surface area (Å²) in [6, 6.07) is 12.1. The molecule has 114 valence electrons. The number of fused-ring (bicyclic) bond motifs is 1. The third-order valence-electron chi connectivity index (χ3n) is 4.33. The largest absolute Gasteiger partial charge is 0.464 e. The number of aromatic nitrogens is 1. The van der Waals surface area contributed by atoms with E-state index in [0.717, 1.165) is 41.0 Å². The minimum Gasteiger partial charge on any atom is -0.464 e. The molecule has 0 aliphatic heterocycles. The van der Waals surface area contributed by atoms with Crippen molar-refractivity contribution >= 4 is 11.1 Å². The fourth-order valence-corrected chi connectivity index (χ4v) is 2.94.